The highest BCUT2D eigenvalue weighted by Crippen LogP contribution is 2.24. The van der Waals surface area contributed by atoms with Gasteiger partial charge in [0.1, 0.15) is 0 Å². The Kier molecular flexibility index (Phi) is 7.87. The molecule has 0 unspecified atom stereocenters. The zero-order valence-corrected chi connectivity index (χ0v) is 12.0. The zero-order valence-electron chi connectivity index (χ0n) is 12.0. The molecule has 1 rings (SSSR count). The number of nitrogens with zero attached hydrogens (tertiary/aromatic N) is 1. The Morgan fingerprint density at radius 1 is 1.00 bits per heavy atom. The van der Waals surface area contributed by atoms with E-state index in [1.807, 2.05) is 0 Å². The molecule has 0 aromatic rings. The van der Waals surface area contributed by atoms with Crippen LogP contribution in [0.3, 0.4) is 0 Å². The Hall–Kier alpha value is -0.0800. The molecular formula is C15H32N2. The predicted molar refractivity (Wildman–Crippen MR) is 76.1 cm³/mol. The van der Waals surface area contributed by atoms with E-state index in [2.05, 4.69) is 18.7 Å². The fraction of sp³-hybridized carbons (Fsp3) is 1.00. The molecule has 1 heterocycles. The third kappa shape index (κ3) is 6.42. The summed E-state index contributed by atoms with van der Waals surface area (Å²) in [5.74, 6) is 1.87. The highest BCUT2D eigenvalue weighted by Gasteiger charge is 2.20. The summed E-state index contributed by atoms with van der Waals surface area (Å²) in [6.07, 6.45) is 9.53. The van der Waals surface area contributed by atoms with Crippen LogP contribution < -0.4 is 5.73 Å². The summed E-state index contributed by atoms with van der Waals surface area (Å²) in [5, 5.41) is 0. The van der Waals surface area contributed by atoms with Gasteiger partial charge in [0.15, 0.2) is 0 Å². The van der Waals surface area contributed by atoms with Gasteiger partial charge in [-0.3, -0.25) is 0 Å². The average Bonchev–Trinajstić information content (AvgIpc) is 2.34. The first-order valence-electron chi connectivity index (χ1n) is 7.66. The number of piperidine rings is 1. The third-order valence-corrected chi connectivity index (χ3v) is 4.25. The van der Waals surface area contributed by atoms with E-state index in [4.69, 9.17) is 5.73 Å². The largest absolute Gasteiger partial charge is 0.330 e. The number of unbranched alkanes of at least 4 members (excludes halogenated alkanes) is 4. The minimum Gasteiger partial charge on any atom is -0.330 e. The Bertz CT molecular complexity index is 172. The van der Waals surface area contributed by atoms with Gasteiger partial charge in [-0.25, -0.2) is 0 Å². The van der Waals surface area contributed by atoms with E-state index in [9.17, 15) is 0 Å². The highest BCUT2D eigenvalue weighted by molar-refractivity contribution is 4.74. The Morgan fingerprint density at radius 3 is 2.18 bits per heavy atom. The maximum absolute atomic E-state index is 5.49. The van der Waals surface area contributed by atoms with Crippen LogP contribution >= 0.6 is 0 Å². The predicted octanol–water partition coefficient (Wildman–Crippen LogP) is 3.26. The molecule has 1 fully saturated rings. The van der Waals surface area contributed by atoms with Crippen LogP contribution in [0.2, 0.25) is 0 Å². The van der Waals surface area contributed by atoms with Crippen LogP contribution in [0, 0.1) is 11.8 Å². The van der Waals surface area contributed by atoms with Crippen LogP contribution in [0.1, 0.15) is 58.8 Å². The van der Waals surface area contributed by atoms with Crippen LogP contribution in [-0.2, 0) is 0 Å². The highest BCUT2D eigenvalue weighted by atomic mass is 15.1. The summed E-state index contributed by atoms with van der Waals surface area (Å²) in [6, 6.07) is 0. The number of rotatable bonds is 8. The molecule has 0 spiro atoms. The Balaban J connectivity index is 1.95. The lowest BCUT2D eigenvalue weighted by Crippen LogP contribution is -2.35. The van der Waals surface area contributed by atoms with Crippen molar-refractivity contribution in [1.29, 1.82) is 0 Å². The van der Waals surface area contributed by atoms with Gasteiger partial charge in [-0.1, -0.05) is 33.1 Å². The van der Waals surface area contributed by atoms with E-state index >= 15 is 0 Å². The number of nitrogens with two attached hydrogens (primary N) is 1. The maximum atomic E-state index is 5.49. The summed E-state index contributed by atoms with van der Waals surface area (Å²) < 4.78 is 0. The van der Waals surface area contributed by atoms with Gasteiger partial charge < -0.3 is 10.6 Å². The molecule has 0 radical (unpaired) electrons. The molecule has 2 N–H and O–H groups in total. The van der Waals surface area contributed by atoms with Crippen LogP contribution in [0.25, 0.3) is 0 Å². The molecule has 0 aliphatic carbocycles. The smallest absolute Gasteiger partial charge is 0.00160 e. The van der Waals surface area contributed by atoms with E-state index in [-0.39, 0.29) is 0 Å². The summed E-state index contributed by atoms with van der Waals surface area (Å²) >= 11 is 0. The second-order valence-electron chi connectivity index (χ2n) is 5.98. The van der Waals surface area contributed by atoms with E-state index < -0.39 is 0 Å². The molecule has 1 saturated heterocycles. The van der Waals surface area contributed by atoms with Gasteiger partial charge in [0.25, 0.3) is 0 Å². The summed E-state index contributed by atoms with van der Waals surface area (Å²) in [4.78, 5) is 2.67. The van der Waals surface area contributed by atoms with E-state index in [1.165, 1.54) is 64.6 Å². The van der Waals surface area contributed by atoms with Gasteiger partial charge in [0.2, 0.25) is 0 Å². The van der Waals surface area contributed by atoms with Crippen molar-refractivity contribution in [3.05, 3.63) is 0 Å². The van der Waals surface area contributed by atoms with Gasteiger partial charge in [-0.05, 0) is 63.7 Å². The Morgan fingerprint density at radius 2 is 1.59 bits per heavy atom. The van der Waals surface area contributed by atoms with Crippen molar-refractivity contribution in [3.8, 4) is 0 Å². The lowest BCUT2D eigenvalue weighted by molar-refractivity contribution is 0.155. The van der Waals surface area contributed by atoms with E-state index in [0.29, 0.717) is 0 Å². The number of hydrogen-bond acceptors (Lipinski definition) is 2. The van der Waals surface area contributed by atoms with Gasteiger partial charge in [0.05, 0.1) is 0 Å². The van der Waals surface area contributed by atoms with Crippen molar-refractivity contribution in [3.63, 3.8) is 0 Å². The van der Waals surface area contributed by atoms with Crippen molar-refractivity contribution >= 4 is 0 Å². The van der Waals surface area contributed by atoms with Gasteiger partial charge in [-0.2, -0.15) is 0 Å². The molecule has 1 aliphatic rings. The average molecular weight is 240 g/mol. The van der Waals surface area contributed by atoms with E-state index in [0.717, 1.165) is 18.4 Å². The first kappa shape index (κ1) is 15.0. The quantitative estimate of drug-likeness (QED) is 0.660. The third-order valence-electron chi connectivity index (χ3n) is 4.25. The number of likely N-dealkylation sites (tertiary alicyclic amines) is 1. The normalized spacial score (nSPS) is 19.1. The van der Waals surface area contributed by atoms with Crippen molar-refractivity contribution in [2.45, 2.75) is 58.8 Å². The zero-order chi connectivity index (χ0) is 12.5. The molecule has 17 heavy (non-hydrogen) atoms. The summed E-state index contributed by atoms with van der Waals surface area (Å²) in [6.45, 7) is 9.61. The van der Waals surface area contributed by atoms with Crippen LogP contribution in [0.15, 0.2) is 0 Å². The molecule has 102 valence electrons. The SMILES string of the molecule is CC(C)C1CCN(CCCCCCCN)CC1. The lowest BCUT2D eigenvalue weighted by atomic mass is 9.87. The van der Waals surface area contributed by atoms with Crippen molar-refractivity contribution in [1.82, 2.24) is 4.90 Å². The van der Waals surface area contributed by atoms with Gasteiger partial charge in [-0.15, -0.1) is 0 Å². The van der Waals surface area contributed by atoms with E-state index in [1.54, 1.807) is 0 Å². The molecule has 0 aromatic heterocycles. The molecule has 2 heteroatoms. The second-order valence-corrected chi connectivity index (χ2v) is 5.98. The standard InChI is InChI=1S/C15H32N2/c1-14(2)15-8-12-17(13-9-15)11-7-5-3-4-6-10-16/h14-15H,3-13,16H2,1-2H3. The topological polar surface area (TPSA) is 29.3 Å². The monoisotopic (exact) mass is 240 g/mol. The molecule has 0 amide bonds. The Labute approximate surface area is 108 Å². The molecular weight excluding hydrogens is 208 g/mol. The molecule has 1 aliphatic heterocycles. The fourth-order valence-electron chi connectivity index (χ4n) is 2.85. The van der Waals surface area contributed by atoms with Crippen LogP contribution in [0.5, 0.6) is 0 Å². The molecule has 2 nitrogen and oxygen atoms in total. The van der Waals surface area contributed by atoms with Crippen molar-refractivity contribution < 1.29 is 0 Å². The molecule has 0 aromatic carbocycles. The lowest BCUT2D eigenvalue weighted by Gasteiger charge is -2.33. The van der Waals surface area contributed by atoms with Crippen molar-refractivity contribution in [2.75, 3.05) is 26.2 Å². The van der Waals surface area contributed by atoms with Crippen LogP contribution in [0.4, 0.5) is 0 Å². The van der Waals surface area contributed by atoms with Crippen molar-refractivity contribution in [2.24, 2.45) is 17.6 Å². The summed E-state index contributed by atoms with van der Waals surface area (Å²) in [5.41, 5.74) is 5.49. The maximum Gasteiger partial charge on any atom is -0.00160 e. The minimum absolute atomic E-state index is 0.864. The minimum atomic E-state index is 0.864. The van der Waals surface area contributed by atoms with Gasteiger partial charge >= 0.3 is 0 Å². The first-order chi connectivity index (χ1) is 8.24. The number of hydrogen-bond donors (Lipinski definition) is 1. The molecule has 0 bridgehead atoms. The first-order valence-corrected chi connectivity index (χ1v) is 7.66. The molecule has 0 saturated carbocycles. The molecule has 0 atom stereocenters. The fourth-order valence-corrected chi connectivity index (χ4v) is 2.85. The van der Waals surface area contributed by atoms with Gasteiger partial charge in [0, 0.05) is 0 Å². The summed E-state index contributed by atoms with van der Waals surface area (Å²) in [7, 11) is 0. The second kappa shape index (κ2) is 8.93. The van der Waals surface area contributed by atoms with Crippen LogP contribution in [-0.4, -0.2) is 31.1 Å².